The highest BCUT2D eigenvalue weighted by Crippen LogP contribution is 2.39. The predicted octanol–water partition coefficient (Wildman–Crippen LogP) is 7.26. The summed E-state index contributed by atoms with van der Waals surface area (Å²) in [6, 6.07) is 9.12. The van der Waals surface area contributed by atoms with Crippen molar-refractivity contribution in [2.24, 2.45) is 11.8 Å². The van der Waals surface area contributed by atoms with Gasteiger partial charge in [-0.2, -0.15) is 0 Å². The second-order valence-corrected chi connectivity index (χ2v) is 8.65. The van der Waals surface area contributed by atoms with E-state index in [-0.39, 0.29) is 0 Å². The summed E-state index contributed by atoms with van der Waals surface area (Å²) in [5, 5.41) is 0. The van der Waals surface area contributed by atoms with E-state index >= 15 is 0 Å². The molecule has 2 fully saturated rings. The third kappa shape index (κ3) is 5.64. The third-order valence-electron chi connectivity index (χ3n) is 6.59. The highest BCUT2D eigenvalue weighted by molar-refractivity contribution is 5.22. The van der Waals surface area contributed by atoms with Crippen molar-refractivity contribution in [3.63, 3.8) is 0 Å². The van der Waals surface area contributed by atoms with Crippen molar-refractivity contribution in [3.05, 3.63) is 47.2 Å². The molecule has 0 aliphatic heterocycles. The van der Waals surface area contributed by atoms with Gasteiger partial charge in [0.15, 0.2) is 0 Å². The zero-order chi connectivity index (χ0) is 16.8. The molecule has 1 aromatic carbocycles. The molecule has 2 radical (unpaired) electrons. The maximum atomic E-state index is 2.42. The summed E-state index contributed by atoms with van der Waals surface area (Å²) in [6.45, 7) is 4.60. The molecule has 3 rings (SSSR count). The summed E-state index contributed by atoms with van der Waals surface area (Å²) in [5.74, 6) is 5.72. The molecule has 24 heavy (non-hydrogen) atoms. The first-order valence-electron chi connectivity index (χ1n) is 10.4. The van der Waals surface area contributed by atoms with Crippen LogP contribution in [0.15, 0.2) is 24.3 Å². The number of benzene rings is 1. The lowest BCUT2D eigenvalue weighted by Gasteiger charge is -2.31. The lowest BCUT2D eigenvalue weighted by atomic mass is 9.75. The van der Waals surface area contributed by atoms with Gasteiger partial charge in [-0.15, -0.1) is 0 Å². The van der Waals surface area contributed by atoms with Crippen molar-refractivity contribution >= 4 is 0 Å². The Bertz CT molecular complexity index is 455. The van der Waals surface area contributed by atoms with Gasteiger partial charge in [0.2, 0.25) is 0 Å². The average Bonchev–Trinajstić information content (AvgIpc) is 2.62. The standard InChI is InChI=1S/C24H36/c1-19-3-7-21(8-4-19)11-13-23-15-17-24(18-16-23)14-12-22-9-5-20(2)6-10-22/h3-4,7-8,20,24H,5-6,9-18H2,1-2H3. The van der Waals surface area contributed by atoms with E-state index in [0.717, 1.165) is 11.8 Å². The molecule has 2 saturated carbocycles. The minimum atomic E-state index is 0.981. The summed E-state index contributed by atoms with van der Waals surface area (Å²) < 4.78 is 0. The van der Waals surface area contributed by atoms with Crippen LogP contribution in [-0.2, 0) is 6.42 Å². The van der Waals surface area contributed by atoms with Gasteiger partial charge in [0.25, 0.3) is 0 Å². The van der Waals surface area contributed by atoms with E-state index in [9.17, 15) is 0 Å². The molecule has 2 aliphatic carbocycles. The van der Waals surface area contributed by atoms with E-state index in [1.807, 2.05) is 11.8 Å². The normalized spacial score (nSPS) is 22.1. The minimum absolute atomic E-state index is 0.981. The molecular formula is C24H36. The Hall–Kier alpha value is -0.780. The second kappa shape index (κ2) is 9.07. The van der Waals surface area contributed by atoms with Crippen LogP contribution in [0.25, 0.3) is 0 Å². The van der Waals surface area contributed by atoms with Gasteiger partial charge in [-0.1, -0.05) is 49.6 Å². The van der Waals surface area contributed by atoms with Crippen LogP contribution in [0.1, 0.15) is 88.7 Å². The van der Waals surface area contributed by atoms with E-state index in [2.05, 4.69) is 38.1 Å². The highest BCUT2D eigenvalue weighted by atomic mass is 14.3. The molecule has 2 aliphatic rings. The first-order valence-corrected chi connectivity index (χ1v) is 10.4. The molecule has 1 aromatic rings. The van der Waals surface area contributed by atoms with Crippen molar-refractivity contribution in [2.45, 2.75) is 90.9 Å². The largest absolute Gasteiger partial charge is 0.0625 e. The van der Waals surface area contributed by atoms with E-state index < -0.39 is 0 Å². The molecule has 0 N–H and O–H groups in total. The first kappa shape index (κ1) is 18.0. The van der Waals surface area contributed by atoms with Gasteiger partial charge in [0.05, 0.1) is 0 Å². The van der Waals surface area contributed by atoms with Crippen LogP contribution in [0, 0.1) is 30.6 Å². The predicted molar refractivity (Wildman–Crippen MR) is 105 cm³/mol. The van der Waals surface area contributed by atoms with E-state index in [4.69, 9.17) is 0 Å². The minimum Gasteiger partial charge on any atom is -0.0625 e. The average molecular weight is 325 g/mol. The van der Waals surface area contributed by atoms with Gasteiger partial charge in [-0.3, -0.25) is 0 Å². The van der Waals surface area contributed by atoms with E-state index in [0.29, 0.717) is 0 Å². The molecule has 0 saturated heterocycles. The quantitative estimate of drug-likeness (QED) is 0.516. The molecular weight excluding hydrogens is 288 g/mol. The smallest absolute Gasteiger partial charge is 0.0237 e. The molecule has 132 valence electrons. The number of rotatable bonds is 6. The summed E-state index contributed by atoms with van der Waals surface area (Å²) in [4.78, 5) is 0. The topological polar surface area (TPSA) is 0 Å². The third-order valence-corrected chi connectivity index (χ3v) is 6.59. The molecule has 0 unspecified atom stereocenters. The zero-order valence-corrected chi connectivity index (χ0v) is 15.9. The van der Waals surface area contributed by atoms with Crippen molar-refractivity contribution in [3.8, 4) is 0 Å². The van der Waals surface area contributed by atoms with Crippen LogP contribution in [0.4, 0.5) is 0 Å². The molecule has 0 amide bonds. The Morgan fingerprint density at radius 1 is 0.750 bits per heavy atom. The summed E-state index contributed by atoms with van der Waals surface area (Å²) in [5.41, 5.74) is 2.88. The van der Waals surface area contributed by atoms with E-state index in [1.165, 1.54) is 88.2 Å². The Balaban J connectivity index is 1.30. The number of hydrogen-bond donors (Lipinski definition) is 0. The Morgan fingerprint density at radius 2 is 1.33 bits per heavy atom. The highest BCUT2D eigenvalue weighted by Gasteiger charge is 2.24. The number of hydrogen-bond acceptors (Lipinski definition) is 0. The van der Waals surface area contributed by atoms with Crippen molar-refractivity contribution in [1.82, 2.24) is 0 Å². The maximum absolute atomic E-state index is 2.42. The van der Waals surface area contributed by atoms with Gasteiger partial charge < -0.3 is 0 Å². The fourth-order valence-corrected chi connectivity index (χ4v) is 4.53. The molecule has 0 bridgehead atoms. The molecule has 0 heterocycles. The molecule has 0 atom stereocenters. The molecule has 0 heteroatoms. The summed E-state index contributed by atoms with van der Waals surface area (Å²) in [6.07, 6.45) is 17.0. The van der Waals surface area contributed by atoms with Crippen LogP contribution < -0.4 is 0 Å². The Labute approximate surface area is 150 Å². The van der Waals surface area contributed by atoms with Crippen LogP contribution in [-0.4, -0.2) is 0 Å². The lowest BCUT2D eigenvalue weighted by molar-refractivity contribution is 0.324. The van der Waals surface area contributed by atoms with Gasteiger partial charge in [-0.05, 0) is 100 Å². The van der Waals surface area contributed by atoms with Crippen LogP contribution in [0.3, 0.4) is 0 Å². The maximum Gasteiger partial charge on any atom is -0.0237 e. The van der Waals surface area contributed by atoms with Gasteiger partial charge >= 0.3 is 0 Å². The molecule has 0 spiro atoms. The fraction of sp³-hybridized carbons (Fsp3) is 0.667. The second-order valence-electron chi connectivity index (χ2n) is 8.65. The van der Waals surface area contributed by atoms with Crippen LogP contribution in [0.2, 0.25) is 0 Å². The molecule has 0 aromatic heterocycles. The summed E-state index contributed by atoms with van der Waals surface area (Å²) in [7, 11) is 0. The molecule has 0 nitrogen and oxygen atoms in total. The lowest BCUT2D eigenvalue weighted by Crippen LogP contribution is -2.16. The van der Waals surface area contributed by atoms with Crippen molar-refractivity contribution in [1.29, 1.82) is 0 Å². The Morgan fingerprint density at radius 3 is 2.00 bits per heavy atom. The number of aryl methyl sites for hydroxylation is 2. The SMILES string of the molecule is Cc1ccc(CC[C]2CCC(CC[C]3CCC(C)CC3)CC2)cc1. The van der Waals surface area contributed by atoms with Crippen LogP contribution in [0.5, 0.6) is 0 Å². The zero-order valence-electron chi connectivity index (χ0n) is 15.9. The van der Waals surface area contributed by atoms with E-state index in [1.54, 1.807) is 0 Å². The van der Waals surface area contributed by atoms with Crippen LogP contribution >= 0.6 is 0 Å². The Kier molecular flexibility index (Phi) is 6.81. The van der Waals surface area contributed by atoms with Crippen molar-refractivity contribution < 1.29 is 0 Å². The van der Waals surface area contributed by atoms with Gasteiger partial charge in [0, 0.05) is 0 Å². The monoisotopic (exact) mass is 324 g/mol. The fourth-order valence-electron chi connectivity index (χ4n) is 4.53. The van der Waals surface area contributed by atoms with Gasteiger partial charge in [-0.25, -0.2) is 0 Å². The van der Waals surface area contributed by atoms with Crippen molar-refractivity contribution in [2.75, 3.05) is 0 Å². The summed E-state index contributed by atoms with van der Waals surface area (Å²) >= 11 is 0. The van der Waals surface area contributed by atoms with Gasteiger partial charge in [0.1, 0.15) is 0 Å². The first-order chi connectivity index (χ1) is 11.7.